The maximum Gasteiger partial charge on any atom is 0.360 e. The average Bonchev–Trinajstić information content (AvgIpc) is 3.17. The largest absolute Gasteiger partial charge is 0.394 e. The molecule has 20 heteroatoms. The third-order valence-electron chi connectivity index (χ3n) is 4.68. The van der Waals surface area contributed by atoms with Crippen LogP contribution in [0.5, 0.6) is 0 Å². The molecular weight excluding hydrogens is 592 g/mol. The molecular formula is C16H22BrN7O10P2. The standard InChI is InChI=1S/C10H13N5O4.C6H9BrN2O6P2/c1-5-3-15(10(18)12-9(5)17)8-2-6(13-14-11)7(4-16)19-8;7-4-1-2-5(8-3-4)9-6(16(10,11)12)17(13,14)15/h3,6-8,16H,2,4H2,1H3,(H,12,17,18);1-3,6H,(H,8,9)(H2,10,11,12)(H2,13,14,15)/t6-,7+,8+;/m0./s1. The summed E-state index contributed by atoms with van der Waals surface area (Å²) >= 11 is 3.09. The highest BCUT2D eigenvalue weighted by molar-refractivity contribution is 9.10. The molecule has 0 amide bonds. The lowest BCUT2D eigenvalue weighted by Crippen LogP contribution is -2.33. The summed E-state index contributed by atoms with van der Waals surface area (Å²) in [5.41, 5.74) is 5.45. The number of aliphatic hydroxyl groups is 1. The van der Waals surface area contributed by atoms with Crippen molar-refractivity contribution in [3.8, 4) is 0 Å². The van der Waals surface area contributed by atoms with Gasteiger partial charge in [0.1, 0.15) is 12.0 Å². The van der Waals surface area contributed by atoms with Crippen molar-refractivity contribution in [2.24, 2.45) is 5.11 Å². The van der Waals surface area contributed by atoms with Crippen LogP contribution >= 0.6 is 31.1 Å². The molecule has 3 atom stereocenters. The topological polar surface area (TPSA) is 273 Å². The number of hydrogen-bond acceptors (Lipinski definition) is 9. The Hall–Kier alpha value is -2.36. The first-order valence-corrected chi connectivity index (χ1v) is 13.9. The monoisotopic (exact) mass is 613 g/mol. The smallest absolute Gasteiger partial charge is 0.360 e. The second kappa shape index (κ2) is 12.3. The number of ether oxygens (including phenoxy) is 1. The number of rotatable bonds is 7. The minimum absolute atomic E-state index is 0.0511. The number of aromatic nitrogens is 3. The number of pyridine rings is 1. The molecule has 0 aliphatic carbocycles. The normalized spacial score (nSPS) is 19.8. The third-order valence-corrected chi connectivity index (χ3v) is 8.49. The Bertz CT molecular complexity index is 1300. The van der Waals surface area contributed by atoms with E-state index in [1.54, 1.807) is 6.92 Å². The lowest BCUT2D eigenvalue weighted by molar-refractivity contribution is -0.0271. The summed E-state index contributed by atoms with van der Waals surface area (Å²) in [6.07, 6.45) is 1.65. The summed E-state index contributed by atoms with van der Waals surface area (Å²) in [4.78, 5) is 66.9. The minimum atomic E-state index is -5.00. The summed E-state index contributed by atoms with van der Waals surface area (Å²) in [7, 11) is -10.0. The van der Waals surface area contributed by atoms with Gasteiger partial charge in [0, 0.05) is 33.8 Å². The van der Waals surface area contributed by atoms with E-state index >= 15 is 0 Å². The minimum Gasteiger partial charge on any atom is -0.394 e. The van der Waals surface area contributed by atoms with E-state index in [0.29, 0.717) is 10.0 Å². The van der Waals surface area contributed by atoms with Crippen LogP contribution in [0.4, 0.5) is 5.82 Å². The quantitative estimate of drug-likeness (QED) is 0.0983. The molecule has 0 radical (unpaired) electrons. The van der Waals surface area contributed by atoms with E-state index < -0.39 is 50.3 Å². The number of hydrogen-bond donors (Lipinski definition) is 7. The zero-order chi connectivity index (χ0) is 27.3. The van der Waals surface area contributed by atoms with Gasteiger partial charge in [-0.3, -0.25) is 23.5 Å². The molecule has 1 aliphatic rings. The molecule has 3 heterocycles. The zero-order valence-corrected chi connectivity index (χ0v) is 21.7. The van der Waals surface area contributed by atoms with Crippen molar-refractivity contribution < 1.29 is 38.5 Å². The predicted molar refractivity (Wildman–Crippen MR) is 128 cm³/mol. The van der Waals surface area contributed by atoms with E-state index in [1.807, 2.05) is 5.32 Å². The van der Waals surface area contributed by atoms with E-state index in [9.17, 15) is 18.7 Å². The molecule has 0 spiro atoms. The van der Waals surface area contributed by atoms with Gasteiger partial charge in [-0.25, -0.2) is 9.78 Å². The van der Waals surface area contributed by atoms with Crippen LogP contribution < -0.4 is 16.6 Å². The first kappa shape index (κ1) is 29.9. The lowest BCUT2D eigenvalue weighted by Gasteiger charge is -2.20. The van der Waals surface area contributed by atoms with Gasteiger partial charge in [0.15, 0.2) is 0 Å². The SMILES string of the molecule is Cc1cn([C@H]2C[C@H](N=[N+]=[N-])[C@@H](CO)O2)c(=O)[nH]c1=O.O=P(O)(O)C(Nc1ccc(Br)cn1)P(=O)(O)O. The third kappa shape index (κ3) is 8.08. The number of aliphatic hydroxyl groups excluding tert-OH is 1. The van der Waals surface area contributed by atoms with E-state index in [2.05, 4.69) is 35.9 Å². The number of halogens is 1. The molecule has 0 bridgehead atoms. The molecule has 1 aliphatic heterocycles. The fourth-order valence-electron chi connectivity index (χ4n) is 3.00. The van der Waals surface area contributed by atoms with Crippen molar-refractivity contribution in [3.63, 3.8) is 0 Å². The van der Waals surface area contributed by atoms with Crippen molar-refractivity contribution >= 4 is 36.9 Å². The van der Waals surface area contributed by atoms with Crippen LogP contribution in [0.2, 0.25) is 0 Å². The van der Waals surface area contributed by atoms with Crippen molar-refractivity contribution in [1.29, 1.82) is 0 Å². The first-order valence-electron chi connectivity index (χ1n) is 9.78. The van der Waals surface area contributed by atoms with Gasteiger partial charge in [-0.15, -0.1) is 0 Å². The van der Waals surface area contributed by atoms with Gasteiger partial charge in [0.05, 0.1) is 18.8 Å². The second-order valence-corrected chi connectivity index (χ2v) is 12.1. The van der Waals surface area contributed by atoms with E-state index in [4.69, 9.17) is 34.9 Å². The fourth-order valence-corrected chi connectivity index (χ4v) is 5.40. The Morgan fingerprint density at radius 1 is 1.33 bits per heavy atom. The van der Waals surface area contributed by atoms with Crippen molar-refractivity contribution in [1.82, 2.24) is 14.5 Å². The Morgan fingerprint density at radius 3 is 2.47 bits per heavy atom. The number of H-pyrrole nitrogens is 1. The van der Waals surface area contributed by atoms with Gasteiger partial charge in [-0.2, -0.15) is 0 Å². The fraction of sp³-hybridized carbons (Fsp3) is 0.438. The second-order valence-electron chi connectivity index (χ2n) is 7.36. The summed E-state index contributed by atoms with van der Waals surface area (Å²) < 4.78 is 29.2. The van der Waals surface area contributed by atoms with Crippen LogP contribution in [0.25, 0.3) is 10.4 Å². The van der Waals surface area contributed by atoms with Crippen LogP contribution in [-0.2, 0) is 13.9 Å². The molecule has 3 rings (SSSR count). The number of nitrogens with one attached hydrogen (secondary N) is 2. The number of azide groups is 1. The zero-order valence-electron chi connectivity index (χ0n) is 18.3. The molecule has 198 valence electrons. The Balaban J connectivity index is 0.000000255. The molecule has 1 saturated heterocycles. The maximum absolute atomic E-state index is 11.7. The molecule has 0 aromatic carbocycles. The molecule has 0 unspecified atom stereocenters. The molecule has 1 fully saturated rings. The molecule has 2 aromatic heterocycles. The molecule has 0 saturated carbocycles. The highest BCUT2D eigenvalue weighted by Gasteiger charge is 2.43. The van der Waals surface area contributed by atoms with Crippen LogP contribution in [-0.4, -0.2) is 63.5 Å². The van der Waals surface area contributed by atoms with Gasteiger partial charge in [-0.1, -0.05) is 5.11 Å². The van der Waals surface area contributed by atoms with Gasteiger partial charge >= 0.3 is 20.9 Å². The summed E-state index contributed by atoms with van der Waals surface area (Å²) in [6.45, 7) is 1.26. The van der Waals surface area contributed by atoms with Gasteiger partial charge in [0.25, 0.3) is 5.56 Å². The Labute approximate surface area is 210 Å². The van der Waals surface area contributed by atoms with Crippen molar-refractivity contribution in [3.05, 3.63) is 65.8 Å². The molecule has 2 aromatic rings. The summed E-state index contributed by atoms with van der Waals surface area (Å²) in [5.74, 6) is -0.0511. The Morgan fingerprint density at radius 2 is 1.97 bits per heavy atom. The average molecular weight is 614 g/mol. The Kier molecular flexibility index (Phi) is 10.2. The van der Waals surface area contributed by atoms with Gasteiger partial charge in [-0.05, 0) is 40.5 Å². The number of aryl methyl sites for hydroxylation is 1. The highest BCUT2D eigenvalue weighted by atomic mass is 79.9. The van der Waals surface area contributed by atoms with Crippen LogP contribution in [0.15, 0.2) is 43.7 Å². The predicted octanol–water partition coefficient (Wildman–Crippen LogP) is 0.699. The molecule has 36 heavy (non-hydrogen) atoms. The van der Waals surface area contributed by atoms with Gasteiger partial charge in [0.2, 0.25) is 5.52 Å². The molecule has 17 nitrogen and oxygen atoms in total. The van der Waals surface area contributed by atoms with Crippen molar-refractivity contribution in [2.75, 3.05) is 11.9 Å². The van der Waals surface area contributed by atoms with Gasteiger partial charge < -0.3 is 34.7 Å². The van der Waals surface area contributed by atoms with Crippen LogP contribution in [0, 0.1) is 6.92 Å². The summed E-state index contributed by atoms with van der Waals surface area (Å²) in [5, 5.41) is 14.7. The molecule has 7 N–H and O–H groups in total. The van der Waals surface area contributed by atoms with E-state index in [-0.39, 0.29) is 18.8 Å². The van der Waals surface area contributed by atoms with Crippen LogP contribution in [0.3, 0.4) is 0 Å². The summed E-state index contributed by atoms with van der Waals surface area (Å²) in [6, 6.07) is 2.29. The highest BCUT2D eigenvalue weighted by Crippen LogP contribution is 2.59. The number of aromatic amines is 1. The maximum atomic E-state index is 11.7. The first-order chi connectivity index (χ1) is 16.7. The van der Waals surface area contributed by atoms with Crippen LogP contribution in [0.1, 0.15) is 18.2 Å². The van der Waals surface area contributed by atoms with E-state index in [0.717, 1.165) is 0 Å². The number of nitrogens with zero attached hydrogens (tertiary/aromatic N) is 5. The lowest BCUT2D eigenvalue weighted by atomic mass is 10.1. The number of anilines is 1. The van der Waals surface area contributed by atoms with Crippen molar-refractivity contribution in [2.45, 2.75) is 37.2 Å². The van der Waals surface area contributed by atoms with E-state index in [1.165, 1.54) is 29.1 Å².